The number of hydroxylamine groups is 1. The Bertz CT molecular complexity index is 691. The van der Waals surface area contributed by atoms with Crippen molar-refractivity contribution in [2.75, 3.05) is 0 Å². The molecule has 0 aliphatic carbocycles. The van der Waals surface area contributed by atoms with Crippen molar-refractivity contribution in [3.05, 3.63) is 80.4 Å². The maximum absolute atomic E-state index is 11.9. The summed E-state index contributed by atoms with van der Waals surface area (Å²) >= 11 is 3.24. The summed E-state index contributed by atoms with van der Waals surface area (Å²) in [6.45, 7) is 0. The molecular weight excluding hydrogens is 354 g/mol. The number of nitrogens with one attached hydrogen (secondary N) is 1. The smallest absolute Gasteiger partial charge is 0.357 e. The van der Waals surface area contributed by atoms with Crippen LogP contribution >= 0.6 is 15.9 Å². The van der Waals surface area contributed by atoms with Crippen molar-refractivity contribution in [2.24, 2.45) is 5.73 Å². The van der Waals surface area contributed by atoms with E-state index in [1.54, 1.807) is 24.3 Å². The van der Waals surface area contributed by atoms with Gasteiger partial charge < -0.3 is 10.6 Å². The first-order valence-corrected chi connectivity index (χ1v) is 6.87. The summed E-state index contributed by atoms with van der Waals surface area (Å²) < 4.78 is 0.593. The van der Waals surface area contributed by atoms with Gasteiger partial charge in [0.05, 0.1) is 10.5 Å². The van der Waals surface area contributed by atoms with Gasteiger partial charge in [-0.3, -0.25) is 10.1 Å². The molecule has 114 valence electrons. The van der Waals surface area contributed by atoms with Gasteiger partial charge in [0.1, 0.15) is 0 Å². The number of halogens is 1. The molecule has 0 aliphatic heterocycles. The van der Waals surface area contributed by atoms with Crippen molar-refractivity contribution in [3.63, 3.8) is 0 Å². The number of nitrogens with two attached hydrogens (primary N) is 1. The molecule has 0 saturated carbocycles. The molecule has 0 fully saturated rings. The van der Waals surface area contributed by atoms with Crippen LogP contribution in [0.1, 0.15) is 15.9 Å². The molecule has 8 heteroatoms. The molecule has 0 aliphatic rings. The molecule has 7 nitrogen and oxygen atoms in total. The molecule has 0 aromatic heterocycles. The number of carbonyl (C=O) groups is 1. The van der Waals surface area contributed by atoms with Gasteiger partial charge in [-0.25, -0.2) is 4.79 Å². The number of rotatable bonds is 5. The molecule has 3 N–H and O–H groups in total. The maximum Gasteiger partial charge on any atom is 0.357 e. The zero-order valence-electron chi connectivity index (χ0n) is 11.2. The summed E-state index contributed by atoms with van der Waals surface area (Å²) in [5.41, 5.74) is 8.81. The van der Waals surface area contributed by atoms with Crippen LogP contribution in [-0.4, -0.2) is 10.9 Å². The van der Waals surface area contributed by atoms with Gasteiger partial charge in [-0.2, -0.15) is 23.2 Å². The minimum atomic E-state index is -0.614. The highest BCUT2D eigenvalue weighted by atomic mass is 79.9. The number of nitro groups is 1. The van der Waals surface area contributed by atoms with E-state index in [4.69, 9.17) is 10.6 Å². The van der Waals surface area contributed by atoms with Gasteiger partial charge in [0.25, 0.3) is 0 Å². The summed E-state index contributed by atoms with van der Waals surface area (Å²) in [5.74, 6) is -0.614. The van der Waals surface area contributed by atoms with E-state index in [1.165, 1.54) is 24.3 Å². The van der Waals surface area contributed by atoms with Gasteiger partial charge in [-0.1, -0.05) is 12.1 Å². The normalized spacial score (nSPS) is 10.1. The first kappa shape index (κ1) is 16.0. The van der Waals surface area contributed by atoms with Crippen molar-refractivity contribution < 1.29 is 14.6 Å². The zero-order chi connectivity index (χ0) is 16.1. The molecule has 0 saturated heterocycles. The van der Waals surface area contributed by atoms with Crippen LogP contribution in [0.3, 0.4) is 0 Å². The molecule has 2 rings (SSSR count). The van der Waals surface area contributed by atoms with E-state index in [9.17, 15) is 14.9 Å². The predicted molar refractivity (Wildman–Crippen MR) is 82.3 cm³/mol. The van der Waals surface area contributed by atoms with E-state index in [-0.39, 0.29) is 11.9 Å². The summed E-state index contributed by atoms with van der Waals surface area (Å²) in [7, 11) is 0. The molecule has 0 bridgehead atoms. The van der Waals surface area contributed by atoms with Crippen LogP contribution < -0.4 is 11.2 Å². The number of hydrogen-bond donors (Lipinski definition) is 2. The number of carbonyl (C=O) groups excluding carboxylic acids is 1. The third-order valence-corrected chi connectivity index (χ3v) is 3.43. The Balaban J connectivity index is 1.97. The van der Waals surface area contributed by atoms with Crippen molar-refractivity contribution in [3.8, 4) is 0 Å². The molecule has 22 heavy (non-hydrogen) atoms. The van der Waals surface area contributed by atoms with Gasteiger partial charge in [0.2, 0.25) is 5.69 Å². The lowest BCUT2D eigenvalue weighted by molar-refractivity contribution is -0.384. The summed E-state index contributed by atoms with van der Waals surface area (Å²) in [4.78, 5) is 26.8. The van der Waals surface area contributed by atoms with Crippen LogP contribution in [0.15, 0.2) is 53.0 Å². The summed E-state index contributed by atoms with van der Waals surface area (Å²) in [6.07, 6.45) is 0.0651. The Labute approximate surface area is 134 Å². The SMILES string of the molecule is N[C-](NOC(=O)c1ccccc1Br)c1ccc([N+](=O)[O-])cc1. The Morgan fingerprint density at radius 1 is 1.23 bits per heavy atom. The quantitative estimate of drug-likeness (QED) is 0.479. The molecule has 0 amide bonds. The van der Waals surface area contributed by atoms with E-state index >= 15 is 0 Å². The Morgan fingerprint density at radius 2 is 1.86 bits per heavy atom. The highest BCUT2D eigenvalue weighted by molar-refractivity contribution is 9.10. The molecule has 0 atom stereocenters. The van der Waals surface area contributed by atoms with E-state index in [0.717, 1.165) is 0 Å². The van der Waals surface area contributed by atoms with Crippen molar-refractivity contribution in [2.45, 2.75) is 0 Å². The maximum atomic E-state index is 11.9. The third kappa shape index (κ3) is 3.82. The first-order chi connectivity index (χ1) is 10.5. The van der Waals surface area contributed by atoms with Gasteiger partial charge in [-0.15, -0.1) is 0 Å². The highest BCUT2D eigenvalue weighted by Gasteiger charge is 2.11. The summed E-state index contributed by atoms with van der Waals surface area (Å²) in [6, 6.07) is 12.3. The highest BCUT2D eigenvalue weighted by Crippen LogP contribution is 2.17. The van der Waals surface area contributed by atoms with E-state index in [1.807, 2.05) is 0 Å². The Morgan fingerprint density at radius 3 is 2.45 bits per heavy atom. The fourth-order valence-corrected chi connectivity index (χ4v) is 2.05. The molecule has 2 aromatic rings. The van der Waals surface area contributed by atoms with Gasteiger partial charge >= 0.3 is 5.97 Å². The molecule has 0 unspecified atom stereocenters. The second-order valence-electron chi connectivity index (χ2n) is 4.19. The fraction of sp³-hybridized carbons (Fsp3) is 0. The minimum absolute atomic E-state index is 0.0539. The van der Waals surface area contributed by atoms with Gasteiger partial charge in [0.15, 0.2) is 0 Å². The number of non-ortho nitro benzene ring substituents is 1. The second-order valence-corrected chi connectivity index (χ2v) is 5.04. The van der Waals surface area contributed by atoms with Crippen molar-refractivity contribution in [1.82, 2.24) is 5.48 Å². The lowest BCUT2D eigenvalue weighted by atomic mass is 10.2. The number of nitrogens with zero attached hydrogens (tertiary/aromatic N) is 1. The lowest BCUT2D eigenvalue weighted by Gasteiger charge is -2.20. The summed E-state index contributed by atoms with van der Waals surface area (Å²) in [5, 5.41) is 10.6. The third-order valence-electron chi connectivity index (χ3n) is 2.74. The fourth-order valence-electron chi connectivity index (χ4n) is 1.60. The minimum Gasteiger partial charge on any atom is -0.373 e. The average molecular weight is 365 g/mol. The Hall–Kier alpha value is -2.42. The standard InChI is InChI=1S/C14H11BrN3O4/c15-12-4-2-1-3-11(12)14(19)22-17-13(16)9-5-7-10(8-6-9)18(20)21/h1-8,17H,16H2/q-1. The predicted octanol–water partition coefficient (Wildman–Crippen LogP) is 2.52. The van der Waals surface area contributed by atoms with Crippen molar-refractivity contribution >= 4 is 27.6 Å². The van der Waals surface area contributed by atoms with Crippen LogP contribution in [0, 0.1) is 16.3 Å². The lowest BCUT2D eigenvalue weighted by Crippen LogP contribution is -2.32. The average Bonchev–Trinajstić information content (AvgIpc) is 2.52. The monoisotopic (exact) mass is 364 g/mol. The first-order valence-electron chi connectivity index (χ1n) is 6.08. The van der Waals surface area contributed by atoms with Crippen LogP contribution in [0.2, 0.25) is 0 Å². The zero-order valence-corrected chi connectivity index (χ0v) is 12.7. The number of hydrogen-bond acceptors (Lipinski definition) is 6. The topological polar surface area (TPSA) is 107 Å². The van der Waals surface area contributed by atoms with Crippen LogP contribution in [-0.2, 0) is 4.84 Å². The molecule has 0 spiro atoms. The largest absolute Gasteiger partial charge is 0.373 e. The number of nitro benzene ring substituents is 1. The van der Waals surface area contributed by atoms with Gasteiger partial charge in [0, 0.05) is 4.47 Å². The van der Waals surface area contributed by atoms with E-state index < -0.39 is 10.9 Å². The van der Waals surface area contributed by atoms with Gasteiger partial charge in [-0.05, 0) is 46.4 Å². The van der Waals surface area contributed by atoms with Crippen molar-refractivity contribution in [1.29, 1.82) is 0 Å². The second kappa shape index (κ2) is 7.03. The molecule has 0 radical (unpaired) electrons. The van der Waals surface area contributed by atoms with Crippen LogP contribution in [0.4, 0.5) is 5.69 Å². The molecule has 0 heterocycles. The number of benzene rings is 2. The molecule has 2 aromatic carbocycles. The van der Waals surface area contributed by atoms with Crippen LogP contribution in [0.5, 0.6) is 0 Å². The van der Waals surface area contributed by atoms with E-state index in [2.05, 4.69) is 21.4 Å². The molecular formula is C14H11BrN3O4-. The van der Waals surface area contributed by atoms with E-state index in [0.29, 0.717) is 15.6 Å². The van der Waals surface area contributed by atoms with Crippen LogP contribution in [0.25, 0.3) is 0 Å². The Kier molecular flexibility index (Phi) is 5.10.